The van der Waals surface area contributed by atoms with Gasteiger partial charge in [0, 0.05) is 70.9 Å². The molecule has 65 heavy (non-hydrogen) atoms. The lowest BCUT2D eigenvalue weighted by Gasteiger charge is -2.14. The number of carboxylic acid groups (broad SMARTS) is 1. The van der Waals surface area contributed by atoms with Crippen LogP contribution >= 0.6 is 0 Å². The van der Waals surface area contributed by atoms with E-state index in [1.165, 1.54) is 51.4 Å². The number of carbonyl (C=O) groups excluding carboxylic acids is 6. The number of rotatable bonds is 48. The van der Waals surface area contributed by atoms with Crippen LogP contribution in [0.1, 0.15) is 168 Å². The van der Waals surface area contributed by atoms with Gasteiger partial charge in [-0.15, -0.1) is 0 Å². The summed E-state index contributed by atoms with van der Waals surface area (Å²) in [6.45, 7) is 7.37. The number of hydrogen-bond acceptors (Lipinski definition) is 11. The Balaban J connectivity index is 3.48. The minimum atomic E-state index is -0.698. The number of carboxylic acids is 1. The quantitative estimate of drug-likeness (QED) is 0.0414. The van der Waals surface area contributed by atoms with Gasteiger partial charge in [0.1, 0.15) is 13.2 Å². The first-order valence-electron chi connectivity index (χ1n) is 24.7. The smallest absolute Gasteiger partial charge is 0.303 e. The van der Waals surface area contributed by atoms with Crippen LogP contribution in [0, 0.1) is 0 Å². The number of carbonyl (C=O) groups is 7. The Kier molecular flexibility index (Phi) is 43.9. The second kappa shape index (κ2) is 46.7. The predicted molar refractivity (Wildman–Crippen MR) is 250 cm³/mol. The standard InChI is InChI=1S/C47H88N6O12/c1-3-4-27-48-42(55)22-19-29-50-44(57)26-25-40(2)53-46(59)39-65-37-35-63-33-31-52-45(58)38-64-36-34-62-32-30-51-43(56)23-20-28-49-41(54)21-17-15-13-11-9-7-5-6-8-10-12-14-16-18-24-47(60)61/h40H,3-39H2,1-2H3,(H,48,55)(H,49,54)(H,50,57)(H,51,56)(H,52,58)(H,53,59)(H,60,61)/t40-/m1/s1. The highest BCUT2D eigenvalue weighted by atomic mass is 16.5. The van der Waals surface area contributed by atoms with Crippen molar-refractivity contribution in [3.63, 3.8) is 0 Å². The molecular weight excluding hydrogens is 841 g/mol. The topological polar surface area (TPSA) is 249 Å². The zero-order valence-corrected chi connectivity index (χ0v) is 40.2. The molecular formula is C47H88N6O12. The zero-order chi connectivity index (χ0) is 47.9. The third-order valence-electron chi connectivity index (χ3n) is 10.3. The summed E-state index contributed by atoms with van der Waals surface area (Å²) in [6, 6.07) is -0.205. The molecule has 378 valence electrons. The highest BCUT2D eigenvalue weighted by Gasteiger charge is 2.11. The van der Waals surface area contributed by atoms with Crippen molar-refractivity contribution in [1.29, 1.82) is 0 Å². The van der Waals surface area contributed by atoms with Crippen LogP contribution in [0.4, 0.5) is 0 Å². The second-order valence-corrected chi connectivity index (χ2v) is 16.5. The maximum atomic E-state index is 12.1. The van der Waals surface area contributed by atoms with Crippen molar-refractivity contribution in [2.24, 2.45) is 0 Å². The van der Waals surface area contributed by atoms with Crippen LogP contribution in [0.2, 0.25) is 0 Å². The molecule has 18 heteroatoms. The third kappa shape index (κ3) is 47.9. The van der Waals surface area contributed by atoms with E-state index in [0.29, 0.717) is 71.3 Å². The Morgan fingerprint density at radius 3 is 1.20 bits per heavy atom. The van der Waals surface area contributed by atoms with Gasteiger partial charge in [0.05, 0.1) is 39.6 Å². The van der Waals surface area contributed by atoms with Crippen LogP contribution in [-0.2, 0) is 52.5 Å². The van der Waals surface area contributed by atoms with Crippen molar-refractivity contribution in [3.05, 3.63) is 0 Å². The fourth-order valence-electron chi connectivity index (χ4n) is 6.48. The first-order valence-corrected chi connectivity index (χ1v) is 24.7. The first kappa shape index (κ1) is 61.1. The predicted octanol–water partition coefficient (Wildman–Crippen LogP) is 4.61. The lowest BCUT2D eigenvalue weighted by Crippen LogP contribution is -2.36. The molecule has 1 atom stereocenters. The molecule has 0 aliphatic heterocycles. The summed E-state index contributed by atoms with van der Waals surface area (Å²) in [5, 5.41) is 25.5. The summed E-state index contributed by atoms with van der Waals surface area (Å²) in [6.07, 6.45) is 21.4. The van der Waals surface area contributed by atoms with E-state index in [2.05, 4.69) is 38.8 Å². The summed E-state index contributed by atoms with van der Waals surface area (Å²) in [4.78, 5) is 82.4. The molecule has 0 spiro atoms. The van der Waals surface area contributed by atoms with Crippen LogP contribution < -0.4 is 31.9 Å². The fraction of sp³-hybridized carbons (Fsp3) is 0.851. The largest absolute Gasteiger partial charge is 0.481 e. The lowest BCUT2D eigenvalue weighted by atomic mass is 10.0. The van der Waals surface area contributed by atoms with E-state index in [9.17, 15) is 33.6 Å². The SMILES string of the molecule is CCCCNC(=O)CCCNC(=O)CC[C@@H](C)NC(=O)COCCOCCNC(=O)COCCOCCNC(=O)CCCNC(=O)CCCCCCCCCCCCCCCCC(=O)O. The van der Waals surface area contributed by atoms with Crippen molar-refractivity contribution >= 4 is 41.4 Å². The van der Waals surface area contributed by atoms with Crippen molar-refractivity contribution in [2.75, 3.05) is 85.6 Å². The molecule has 0 aromatic heterocycles. The molecule has 0 rings (SSSR count). The zero-order valence-electron chi connectivity index (χ0n) is 40.2. The summed E-state index contributed by atoms with van der Waals surface area (Å²) in [5.74, 6) is -1.48. The highest BCUT2D eigenvalue weighted by Crippen LogP contribution is 2.14. The molecule has 0 aromatic rings. The van der Waals surface area contributed by atoms with Gasteiger partial charge < -0.3 is 56.0 Å². The van der Waals surface area contributed by atoms with E-state index < -0.39 is 5.97 Å². The normalized spacial score (nSPS) is 11.4. The Hall–Kier alpha value is -3.87. The van der Waals surface area contributed by atoms with Gasteiger partial charge in [0.25, 0.3) is 0 Å². The Morgan fingerprint density at radius 2 is 0.738 bits per heavy atom. The lowest BCUT2D eigenvalue weighted by molar-refractivity contribution is -0.137. The first-order chi connectivity index (χ1) is 31.5. The van der Waals surface area contributed by atoms with E-state index in [0.717, 1.165) is 51.4 Å². The number of hydrogen-bond donors (Lipinski definition) is 7. The maximum Gasteiger partial charge on any atom is 0.303 e. The minimum absolute atomic E-state index is 0.00628. The Morgan fingerprint density at radius 1 is 0.385 bits per heavy atom. The minimum Gasteiger partial charge on any atom is -0.481 e. The van der Waals surface area contributed by atoms with Gasteiger partial charge >= 0.3 is 5.97 Å². The molecule has 18 nitrogen and oxygen atoms in total. The second-order valence-electron chi connectivity index (χ2n) is 16.5. The molecule has 6 amide bonds. The summed E-state index contributed by atoms with van der Waals surface area (Å²) in [7, 11) is 0. The number of aliphatic carboxylic acids is 1. The number of nitrogens with one attached hydrogen (secondary N) is 6. The Bertz CT molecular complexity index is 1240. The molecule has 0 fully saturated rings. The molecule has 0 unspecified atom stereocenters. The third-order valence-corrected chi connectivity index (χ3v) is 10.3. The summed E-state index contributed by atoms with van der Waals surface area (Å²) < 4.78 is 21.5. The average Bonchev–Trinajstić information content (AvgIpc) is 3.27. The van der Waals surface area contributed by atoms with Crippen LogP contribution in [-0.4, -0.2) is 138 Å². The monoisotopic (exact) mass is 929 g/mol. The molecule has 0 radical (unpaired) electrons. The van der Waals surface area contributed by atoms with Crippen molar-refractivity contribution in [1.82, 2.24) is 31.9 Å². The maximum absolute atomic E-state index is 12.1. The van der Waals surface area contributed by atoms with Crippen LogP contribution in [0.3, 0.4) is 0 Å². The summed E-state index contributed by atoms with van der Waals surface area (Å²) >= 11 is 0. The van der Waals surface area contributed by atoms with Gasteiger partial charge in [-0.3, -0.25) is 33.6 Å². The van der Waals surface area contributed by atoms with E-state index >= 15 is 0 Å². The van der Waals surface area contributed by atoms with E-state index in [1.807, 2.05) is 6.92 Å². The highest BCUT2D eigenvalue weighted by molar-refractivity contribution is 5.79. The number of unbranched alkanes of at least 4 members (excludes halogenated alkanes) is 14. The van der Waals surface area contributed by atoms with Crippen molar-refractivity contribution in [2.45, 2.75) is 174 Å². The number of ether oxygens (including phenoxy) is 4. The average molecular weight is 929 g/mol. The van der Waals surface area contributed by atoms with Gasteiger partial charge in [-0.05, 0) is 45.4 Å². The molecule has 0 heterocycles. The van der Waals surface area contributed by atoms with Crippen molar-refractivity contribution in [3.8, 4) is 0 Å². The van der Waals surface area contributed by atoms with Crippen LogP contribution in [0.25, 0.3) is 0 Å². The van der Waals surface area contributed by atoms with Gasteiger partial charge in [-0.25, -0.2) is 0 Å². The van der Waals surface area contributed by atoms with Gasteiger partial charge in [-0.1, -0.05) is 90.4 Å². The van der Waals surface area contributed by atoms with Gasteiger partial charge in [0.15, 0.2) is 0 Å². The fourth-order valence-corrected chi connectivity index (χ4v) is 6.48. The number of amides is 6. The van der Waals surface area contributed by atoms with Crippen LogP contribution in [0.5, 0.6) is 0 Å². The van der Waals surface area contributed by atoms with E-state index in [-0.39, 0.29) is 107 Å². The molecule has 0 saturated carbocycles. The van der Waals surface area contributed by atoms with Gasteiger partial charge in [0.2, 0.25) is 35.4 Å². The molecule has 0 aliphatic rings. The van der Waals surface area contributed by atoms with Crippen LogP contribution in [0.15, 0.2) is 0 Å². The Labute approximate surface area is 389 Å². The molecule has 0 bridgehead atoms. The molecule has 0 aromatic carbocycles. The van der Waals surface area contributed by atoms with Crippen molar-refractivity contribution < 1.29 is 57.6 Å². The molecule has 0 aliphatic carbocycles. The van der Waals surface area contributed by atoms with Gasteiger partial charge in [-0.2, -0.15) is 0 Å². The summed E-state index contributed by atoms with van der Waals surface area (Å²) in [5.41, 5.74) is 0. The van der Waals surface area contributed by atoms with E-state index in [1.54, 1.807) is 0 Å². The molecule has 7 N–H and O–H groups in total. The van der Waals surface area contributed by atoms with E-state index in [4.69, 9.17) is 24.1 Å². The molecule has 0 saturated heterocycles.